The number of amides is 1. The molecule has 2 aromatic rings. The number of anilines is 1. The fourth-order valence-corrected chi connectivity index (χ4v) is 3.12. The Labute approximate surface area is 141 Å². The van der Waals surface area contributed by atoms with Crippen LogP contribution in [0.3, 0.4) is 0 Å². The van der Waals surface area contributed by atoms with Crippen molar-refractivity contribution in [3.8, 4) is 11.3 Å². The topological polar surface area (TPSA) is 81.3 Å². The average Bonchev–Trinajstić information content (AvgIpc) is 2.61. The summed E-state index contributed by atoms with van der Waals surface area (Å²) in [6, 6.07) is 12.2. The van der Waals surface area contributed by atoms with E-state index in [4.69, 9.17) is 10.5 Å². The zero-order chi connectivity index (χ0) is 16.9. The molecule has 0 spiro atoms. The summed E-state index contributed by atoms with van der Waals surface area (Å²) in [4.78, 5) is 13.0. The number of carbonyl (C=O) groups excluding carboxylic acids is 1. The molecule has 0 bridgehead atoms. The van der Waals surface area contributed by atoms with Gasteiger partial charge in [0.2, 0.25) is 0 Å². The Morgan fingerprint density at radius 3 is 2.83 bits per heavy atom. The Morgan fingerprint density at radius 2 is 2.12 bits per heavy atom. The minimum atomic E-state index is -0.723. The van der Waals surface area contributed by atoms with Gasteiger partial charge < -0.3 is 15.4 Å². The van der Waals surface area contributed by atoms with Crippen LogP contribution in [0.4, 0.5) is 10.6 Å². The summed E-state index contributed by atoms with van der Waals surface area (Å²) in [5.74, 6) is 0.797. The van der Waals surface area contributed by atoms with Crippen LogP contribution in [0.2, 0.25) is 0 Å². The number of primary amides is 1. The summed E-state index contributed by atoms with van der Waals surface area (Å²) < 4.78 is 5.12. The molecule has 0 saturated carbocycles. The standard InChI is InChI=1S/C18H22N4O2/c1-2-13-6-3-4-8-15(13)16-9-10-17(21-20-16)22-11-5-7-14(12-22)24-18(19)23/h3-4,6,8-10,14H,2,5,7,11-12H2,1H3,(H2,19,23). The molecule has 0 aliphatic carbocycles. The molecule has 24 heavy (non-hydrogen) atoms. The minimum absolute atomic E-state index is 0.182. The molecule has 2 N–H and O–H groups in total. The van der Waals surface area contributed by atoms with Crippen molar-refractivity contribution in [3.63, 3.8) is 0 Å². The average molecular weight is 326 g/mol. The van der Waals surface area contributed by atoms with Crippen LogP contribution in [-0.2, 0) is 11.2 Å². The van der Waals surface area contributed by atoms with Gasteiger partial charge in [-0.05, 0) is 37.0 Å². The zero-order valence-electron chi connectivity index (χ0n) is 13.8. The monoisotopic (exact) mass is 326 g/mol. The number of nitrogens with zero attached hydrogens (tertiary/aromatic N) is 3. The van der Waals surface area contributed by atoms with E-state index in [1.54, 1.807) is 0 Å². The number of rotatable bonds is 4. The summed E-state index contributed by atoms with van der Waals surface area (Å²) in [6.45, 7) is 3.61. The van der Waals surface area contributed by atoms with Crippen molar-refractivity contribution >= 4 is 11.9 Å². The summed E-state index contributed by atoms with van der Waals surface area (Å²) in [6.07, 6.45) is 1.81. The number of ether oxygens (including phenoxy) is 1. The first-order chi connectivity index (χ1) is 11.7. The summed E-state index contributed by atoms with van der Waals surface area (Å²) in [5, 5.41) is 8.77. The van der Waals surface area contributed by atoms with Gasteiger partial charge in [-0.25, -0.2) is 4.79 Å². The predicted molar refractivity (Wildman–Crippen MR) is 92.7 cm³/mol. The SMILES string of the molecule is CCc1ccccc1-c1ccc(N2CCCC(OC(N)=O)C2)nn1. The number of nitrogens with two attached hydrogens (primary N) is 1. The van der Waals surface area contributed by atoms with Crippen molar-refractivity contribution in [1.82, 2.24) is 10.2 Å². The maximum atomic E-state index is 10.9. The van der Waals surface area contributed by atoms with Crippen LogP contribution in [0, 0.1) is 0 Å². The molecule has 1 unspecified atom stereocenters. The molecule has 3 rings (SSSR count). The molecular formula is C18H22N4O2. The van der Waals surface area contributed by atoms with Crippen LogP contribution in [0.5, 0.6) is 0 Å². The van der Waals surface area contributed by atoms with E-state index in [0.717, 1.165) is 42.9 Å². The van der Waals surface area contributed by atoms with Gasteiger partial charge in [-0.3, -0.25) is 0 Å². The van der Waals surface area contributed by atoms with Gasteiger partial charge in [0, 0.05) is 12.1 Å². The minimum Gasteiger partial charge on any atom is -0.445 e. The predicted octanol–water partition coefficient (Wildman–Crippen LogP) is 2.77. The lowest BCUT2D eigenvalue weighted by Crippen LogP contribution is -2.41. The highest BCUT2D eigenvalue weighted by Crippen LogP contribution is 2.24. The van der Waals surface area contributed by atoms with Crippen molar-refractivity contribution in [1.29, 1.82) is 0 Å². The Balaban J connectivity index is 1.76. The smallest absolute Gasteiger partial charge is 0.404 e. The van der Waals surface area contributed by atoms with E-state index in [9.17, 15) is 4.79 Å². The molecule has 0 radical (unpaired) electrons. The molecule has 1 atom stereocenters. The van der Waals surface area contributed by atoms with E-state index in [-0.39, 0.29) is 6.10 Å². The van der Waals surface area contributed by atoms with E-state index in [2.05, 4.69) is 34.2 Å². The van der Waals surface area contributed by atoms with Crippen LogP contribution in [0.25, 0.3) is 11.3 Å². The Kier molecular flexibility index (Phi) is 4.93. The van der Waals surface area contributed by atoms with Crippen molar-refractivity contribution in [3.05, 3.63) is 42.0 Å². The summed E-state index contributed by atoms with van der Waals surface area (Å²) in [7, 11) is 0. The highest BCUT2D eigenvalue weighted by Gasteiger charge is 2.23. The van der Waals surface area contributed by atoms with Crippen molar-refractivity contribution < 1.29 is 9.53 Å². The molecule has 1 aromatic heterocycles. The first kappa shape index (κ1) is 16.2. The van der Waals surface area contributed by atoms with E-state index in [0.29, 0.717) is 6.54 Å². The fourth-order valence-electron chi connectivity index (χ4n) is 3.12. The molecule has 1 aliphatic rings. The number of benzene rings is 1. The molecule has 1 saturated heterocycles. The molecule has 6 heteroatoms. The van der Waals surface area contributed by atoms with Gasteiger partial charge in [-0.2, -0.15) is 0 Å². The Morgan fingerprint density at radius 1 is 1.29 bits per heavy atom. The number of hydrogen-bond donors (Lipinski definition) is 1. The Bertz CT molecular complexity index is 702. The van der Waals surface area contributed by atoms with Gasteiger partial charge in [-0.1, -0.05) is 31.2 Å². The van der Waals surface area contributed by atoms with E-state index >= 15 is 0 Å². The first-order valence-corrected chi connectivity index (χ1v) is 8.30. The fraction of sp³-hybridized carbons (Fsp3) is 0.389. The van der Waals surface area contributed by atoms with E-state index in [1.165, 1.54) is 5.56 Å². The third-order valence-corrected chi connectivity index (χ3v) is 4.31. The van der Waals surface area contributed by atoms with Gasteiger partial charge in [0.1, 0.15) is 6.10 Å². The molecule has 1 fully saturated rings. The van der Waals surface area contributed by atoms with Crippen molar-refractivity contribution in [2.24, 2.45) is 5.73 Å². The molecule has 1 aliphatic heterocycles. The van der Waals surface area contributed by atoms with E-state index < -0.39 is 6.09 Å². The zero-order valence-corrected chi connectivity index (χ0v) is 13.8. The van der Waals surface area contributed by atoms with Crippen molar-refractivity contribution in [2.45, 2.75) is 32.3 Å². The van der Waals surface area contributed by atoms with Gasteiger partial charge in [0.15, 0.2) is 5.82 Å². The second kappa shape index (κ2) is 7.29. The lowest BCUT2D eigenvalue weighted by Gasteiger charge is -2.32. The Hall–Kier alpha value is -2.63. The maximum Gasteiger partial charge on any atom is 0.404 e. The van der Waals surface area contributed by atoms with Gasteiger partial charge in [0.05, 0.1) is 12.2 Å². The number of piperidine rings is 1. The molecular weight excluding hydrogens is 304 g/mol. The second-order valence-corrected chi connectivity index (χ2v) is 5.93. The number of hydrogen-bond acceptors (Lipinski definition) is 5. The highest BCUT2D eigenvalue weighted by atomic mass is 16.6. The van der Waals surface area contributed by atoms with Crippen LogP contribution in [-0.4, -0.2) is 35.5 Å². The summed E-state index contributed by atoms with van der Waals surface area (Å²) in [5.41, 5.74) is 8.36. The molecule has 6 nitrogen and oxygen atoms in total. The lowest BCUT2D eigenvalue weighted by molar-refractivity contribution is 0.0964. The quantitative estimate of drug-likeness (QED) is 0.934. The number of carbonyl (C=O) groups is 1. The third kappa shape index (κ3) is 3.64. The largest absolute Gasteiger partial charge is 0.445 e. The van der Waals surface area contributed by atoms with Gasteiger partial charge in [-0.15, -0.1) is 10.2 Å². The van der Waals surface area contributed by atoms with Gasteiger partial charge >= 0.3 is 6.09 Å². The normalized spacial score (nSPS) is 17.5. The van der Waals surface area contributed by atoms with Gasteiger partial charge in [0.25, 0.3) is 0 Å². The highest BCUT2D eigenvalue weighted by molar-refractivity contribution is 5.65. The van der Waals surface area contributed by atoms with Crippen LogP contribution < -0.4 is 10.6 Å². The van der Waals surface area contributed by atoms with Crippen LogP contribution >= 0.6 is 0 Å². The lowest BCUT2D eigenvalue weighted by atomic mass is 10.0. The molecule has 126 valence electrons. The first-order valence-electron chi connectivity index (χ1n) is 8.30. The van der Waals surface area contributed by atoms with Crippen LogP contribution in [0.1, 0.15) is 25.3 Å². The molecule has 2 heterocycles. The van der Waals surface area contributed by atoms with Crippen LogP contribution in [0.15, 0.2) is 36.4 Å². The second-order valence-electron chi connectivity index (χ2n) is 5.93. The molecule has 1 aromatic carbocycles. The number of aryl methyl sites for hydroxylation is 1. The van der Waals surface area contributed by atoms with E-state index in [1.807, 2.05) is 24.3 Å². The van der Waals surface area contributed by atoms with Crippen molar-refractivity contribution in [2.75, 3.05) is 18.0 Å². The molecule has 1 amide bonds. The maximum absolute atomic E-state index is 10.9. The third-order valence-electron chi connectivity index (χ3n) is 4.31. The number of aromatic nitrogens is 2. The summed E-state index contributed by atoms with van der Waals surface area (Å²) >= 11 is 0.